The largest absolute Gasteiger partial charge is 0.463 e. The van der Waals surface area contributed by atoms with E-state index in [0.29, 0.717) is 6.61 Å². The lowest BCUT2D eigenvalue weighted by atomic mass is 10.2. The Labute approximate surface area is 116 Å². The maximum Gasteiger partial charge on any atom is 0.330 e. The van der Waals surface area contributed by atoms with Gasteiger partial charge in [-0.1, -0.05) is 32.9 Å². The number of carbonyl (C=O) groups excluding carboxylic acids is 2. The summed E-state index contributed by atoms with van der Waals surface area (Å²) < 4.78 is 9.57. The number of ether oxygens (including phenoxy) is 2. The second-order valence-corrected chi connectivity index (χ2v) is 4.82. The van der Waals surface area contributed by atoms with Gasteiger partial charge in [0.15, 0.2) is 0 Å². The van der Waals surface area contributed by atoms with Gasteiger partial charge in [-0.3, -0.25) is 0 Å². The third-order valence-electron chi connectivity index (χ3n) is 1.73. The molecule has 0 saturated carbocycles. The van der Waals surface area contributed by atoms with Crippen LogP contribution in [0.2, 0.25) is 0 Å². The van der Waals surface area contributed by atoms with E-state index in [-0.39, 0.29) is 11.9 Å². The second kappa shape index (κ2) is 11.5. The molecule has 0 aliphatic rings. The van der Waals surface area contributed by atoms with E-state index < -0.39 is 5.60 Å². The zero-order valence-corrected chi connectivity index (χ0v) is 12.5. The molecule has 0 saturated heterocycles. The highest BCUT2D eigenvalue weighted by molar-refractivity contribution is 5.81. The standard InChI is InChI=1S/C8H14O2.C7H12O2/c1-3-5-6-7-10-8(9)4-2;1-5-6(8)9-7(2,3)4/h4H,2-3,5-7H2,1H3;5H,1H2,2-4H3. The molecule has 0 bridgehead atoms. The molecule has 4 nitrogen and oxygen atoms in total. The number of rotatable bonds is 6. The fourth-order valence-corrected chi connectivity index (χ4v) is 0.927. The molecule has 0 atom stereocenters. The predicted molar refractivity (Wildman–Crippen MR) is 76.7 cm³/mol. The highest BCUT2D eigenvalue weighted by Gasteiger charge is 2.12. The van der Waals surface area contributed by atoms with Crippen molar-refractivity contribution in [1.82, 2.24) is 0 Å². The summed E-state index contributed by atoms with van der Waals surface area (Å²) in [4.78, 5) is 20.9. The molecule has 4 heteroatoms. The van der Waals surface area contributed by atoms with Gasteiger partial charge in [0.05, 0.1) is 6.61 Å². The molecule has 0 aromatic rings. The summed E-state index contributed by atoms with van der Waals surface area (Å²) in [5, 5.41) is 0. The van der Waals surface area contributed by atoms with Crippen LogP contribution in [-0.4, -0.2) is 24.1 Å². The van der Waals surface area contributed by atoms with Crippen molar-refractivity contribution in [3.63, 3.8) is 0 Å². The first-order valence-electron chi connectivity index (χ1n) is 6.41. The van der Waals surface area contributed by atoms with Crippen molar-refractivity contribution in [1.29, 1.82) is 0 Å². The van der Waals surface area contributed by atoms with Crippen LogP contribution in [0.25, 0.3) is 0 Å². The number of esters is 2. The molecule has 0 unspecified atom stereocenters. The summed E-state index contributed by atoms with van der Waals surface area (Å²) in [6.07, 6.45) is 5.56. The number of unbranched alkanes of at least 4 members (excludes halogenated alkanes) is 2. The monoisotopic (exact) mass is 270 g/mol. The minimum absolute atomic E-state index is 0.323. The minimum Gasteiger partial charge on any atom is -0.463 e. The van der Waals surface area contributed by atoms with E-state index in [1.165, 1.54) is 6.08 Å². The Morgan fingerprint density at radius 2 is 1.58 bits per heavy atom. The Bertz CT molecular complexity index is 287. The zero-order valence-electron chi connectivity index (χ0n) is 12.5. The fraction of sp³-hybridized carbons (Fsp3) is 0.600. The molecule has 0 N–H and O–H groups in total. The van der Waals surface area contributed by atoms with Gasteiger partial charge >= 0.3 is 11.9 Å². The van der Waals surface area contributed by atoms with Gasteiger partial charge < -0.3 is 9.47 Å². The Kier molecular flexibility index (Phi) is 12.0. The van der Waals surface area contributed by atoms with Crippen LogP contribution in [0, 0.1) is 0 Å². The minimum atomic E-state index is -0.398. The fourth-order valence-electron chi connectivity index (χ4n) is 0.927. The molecule has 110 valence electrons. The van der Waals surface area contributed by atoms with Crippen molar-refractivity contribution in [2.75, 3.05) is 6.61 Å². The van der Waals surface area contributed by atoms with Crippen LogP contribution >= 0.6 is 0 Å². The van der Waals surface area contributed by atoms with Crippen LogP contribution in [-0.2, 0) is 19.1 Å². The number of carbonyl (C=O) groups is 2. The van der Waals surface area contributed by atoms with Crippen LogP contribution < -0.4 is 0 Å². The Morgan fingerprint density at radius 3 is 1.89 bits per heavy atom. The Hall–Kier alpha value is -1.58. The Morgan fingerprint density at radius 1 is 1.05 bits per heavy atom. The van der Waals surface area contributed by atoms with Crippen LogP contribution in [0.1, 0.15) is 47.0 Å². The zero-order chi connectivity index (χ0) is 15.3. The van der Waals surface area contributed by atoms with Crippen LogP contribution in [0.5, 0.6) is 0 Å². The average Bonchev–Trinajstić information content (AvgIpc) is 2.33. The quantitative estimate of drug-likeness (QED) is 0.421. The smallest absolute Gasteiger partial charge is 0.330 e. The summed E-state index contributed by atoms with van der Waals surface area (Å²) in [6, 6.07) is 0. The summed E-state index contributed by atoms with van der Waals surface area (Å²) >= 11 is 0. The average molecular weight is 270 g/mol. The maximum atomic E-state index is 10.5. The molecule has 0 heterocycles. The molecular weight excluding hydrogens is 244 g/mol. The van der Waals surface area contributed by atoms with Gasteiger partial charge in [0.1, 0.15) is 5.60 Å². The molecule has 0 spiro atoms. The SMILES string of the molecule is C=CC(=O)OC(C)(C)C.C=CC(=O)OCCCCC. The highest BCUT2D eigenvalue weighted by Crippen LogP contribution is 2.06. The van der Waals surface area contributed by atoms with Gasteiger partial charge in [0.2, 0.25) is 0 Å². The lowest BCUT2D eigenvalue weighted by molar-refractivity contribution is -0.148. The van der Waals surface area contributed by atoms with E-state index >= 15 is 0 Å². The van der Waals surface area contributed by atoms with Gasteiger partial charge in [0, 0.05) is 12.2 Å². The molecule has 0 radical (unpaired) electrons. The van der Waals surface area contributed by atoms with Crippen molar-refractivity contribution in [2.45, 2.75) is 52.6 Å². The molecule has 0 fully saturated rings. The van der Waals surface area contributed by atoms with E-state index in [4.69, 9.17) is 9.47 Å². The maximum absolute atomic E-state index is 10.5. The van der Waals surface area contributed by atoms with Crippen LogP contribution in [0.15, 0.2) is 25.3 Å². The van der Waals surface area contributed by atoms with Crippen molar-refractivity contribution < 1.29 is 19.1 Å². The van der Waals surface area contributed by atoms with E-state index in [9.17, 15) is 9.59 Å². The molecule has 0 amide bonds. The Balaban J connectivity index is 0. The topological polar surface area (TPSA) is 52.6 Å². The third-order valence-corrected chi connectivity index (χ3v) is 1.73. The summed E-state index contributed by atoms with van der Waals surface area (Å²) in [5.74, 6) is -0.696. The van der Waals surface area contributed by atoms with Gasteiger partial charge in [0.25, 0.3) is 0 Å². The lowest BCUT2D eigenvalue weighted by Gasteiger charge is -2.17. The second-order valence-electron chi connectivity index (χ2n) is 4.82. The van der Waals surface area contributed by atoms with Crippen molar-refractivity contribution >= 4 is 11.9 Å². The van der Waals surface area contributed by atoms with E-state index in [1.54, 1.807) is 0 Å². The number of hydrogen-bond donors (Lipinski definition) is 0. The van der Waals surface area contributed by atoms with Crippen molar-refractivity contribution in [3.8, 4) is 0 Å². The molecule has 0 aromatic carbocycles. The molecule has 0 aliphatic heterocycles. The van der Waals surface area contributed by atoms with Crippen molar-refractivity contribution in [3.05, 3.63) is 25.3 Å². The van der Waals surface area contributed by atoms with E-state index in [1.807, 2.05) is 20.8 Å². The molecule has 0 rings (SSSR count). The highest BCUT2D eigenvalue weighted by atomic mass is 16.6. The third kappa shape index (κ3) is 19.0. The normalized spacial score (nSPS) is 9.68. The molecular formula is C15H26O4. The lowest BCUT2D eigenvalue weighted by Crippen LogP contribution is -2.22. The van der Waals surface area contributed by atoms with E-state index in [2.05, 4.69) is 20.1 Å². The summed E-state index contributed by atoms with van der Waals surface area (Å²) in [6.45, 7) is 14.6. The molecule has 19 heavy (non-hydrogen) atoms. The first kappa shape index (κ1) is 19.8. The van der Waals surface area contributed by atoms with Crippen LogP contribution in [0.4, 0.5) is 0 Å². The van der Waals surface area contributed by atoms with Crippen molar-refractivity contribution in [2.24, 2.45) is 0 Å². The van der Waals surface area contributed by atoms with Crippen LogP contribution in [0.3, 0.4) is 0 Å². The predicted octanol–water partition coefficient (Wildman–Crippen LogP) is 3.42. The first-order valence-corrected chi connectivity index (χ1v) is 6.41. The van der Waals surface area contributed by atoms with Gasteiger partial charge in [-0.25, -0.2) is 9.59 Å². The summed E-state index contributed by atoms with van der Waals surface area (Å²) in [5.41, 5.74) is -0.398. The number of hydrogen-bond acceptors (Lipinski definition) is 4. The summed E-state index contributed by atoms with van der Waals surface area (Å²) in [7, 11) is 0. The van der Waals surface area contributed by atoms with Gasteiger partial charge in [-0.05, 0) is 27.2 Å². The molecule has 0 aromatic heterocycles. The van der Waals surface area contributed by atoms with Gasteiger partial charge in [-0.15, -0.1) is 0 Å². The van der Waals surface area contributed by atoms with E-state index in [0.717, 1.165) is 25.3 Å². The molecule has 0 aliphatic carbocycles. The first-order chi connectivity index (χ1) is 8.76. The van der Waals surface area contributed by atoms with Gasteiger partial charge in [-0.2, -0.15) is 0 Å².